The number of carboxylic acids is 2. The highest BCUT2D eigenvalue weighted by atomic mass is 19.4. The van der Waals surface area contributed by atoms with E-state index in [2.05, 4.69) is 15.0 Å². The number of hydrogen-bond donors (Lipinski definition) is 2. The fourth-order valence-electron chi connectivity index (χ4n) is 1.99. The minimum absolute atomic E-state index is 0.199. The summed E-state index contributed by atoms with van der Waals surface area (Å²) >= 11 is 0. The summed E-state index contributed by atoms with van der Waals surface area (Å²) in [6.07, 6.45) is 0.834. The molecule has 0 spiro atoms. The molecule has 0 aliphatic carbocycles. The molecule has 2 aromatic rings. The SMILES string of the molecule is O=C(O)C(F)(F)F.O=C(O)c1cnn(Cc2ccc(N3CCC3)nc2)c1. The predicted octanol–water partition coefficient (Wildman–Crippen LogP) is 1.87. The highest BCUT2D eigenvalue weighted by Gasteiger charge is 2.38. The lowest BCUT2D eigenvalue weighted by Crippen LogP contribution is -2.37. The van der Waals surface area contributed by atoms with Crippen LogP contribution in [0.4, 0.5) is 19.0 Å². The molecule has 0 aromatic carbocycles. The van der Waals surface area contributed by atoms with Crippen LogP contribution in [0.15, 0.2) is 30.7 Å². The summed E-state index contributed by atoms with van der Waals surface area (Å²) in [5.41, 5.74) is 1.20. The second-order valence-electron chi connectivity index (χ2n) is 5.40. The molecule has 0 amide bonds. The zero-order chi connectivity index (χ0) is 19.3. The van der Waals surface area contributed by atoms with Gasteiger partial charge in [-0.1, -0.05) is 6.07 Å². The number of anilines is 1. The third-order valence-corrected chi connectivity index (χ3v) is 3.46. The van der Waals surface area contributed by atoms with E-state index >= 15 is 0 Å². The molecule has 11 heteroatoms. The number of hydrogen-bond acceptors (Lipinski definition) is 5. The molecule has 8 nitrogen and oxygen atoms in total. The molecule has 1 aliphatic heterocycles. The smallest absolute Gasteiger partial charge is 0.478 e. The van der Waals surface area contributed by atoms with Gasteiger partial charge < -0.3 is 15.1 Å². The Balaban J connectivity index is 0.000000298. The zero-order valence-corrected chi connectivity index (χ0v) is 13.3. The van der Waals surface area contributed by atoms with Crippen LogP contribution in [0.5, 0.6) is 0 Å². The number of carboxylic acid groups (broad SMARTS) is 2. The lowest BCUT2D eigenvalue weighted by Gasteiger charge is -2.31. The van der Waals surface area contributed by atoms with Crippen molar-refractivity contribution in [3.05, 3.63) is 41.9 Å². The molecule has 0 unspecified atom stereocenters. The van der Waals surface area contributed by atoms with E-state index in [1.54, 1.807) is 4.68 Å². The van der Waals surface area contributed by atoms with Crippen LogP contribution in [0.1, 0.15) is 22.3 Å². The molecular formula is C15H15F3N4O4. The van der Waals surface area contributed by atoms with Gasteiger partial charge in [0.1, 0.15) is 5.82 Å². The highest BCUT2D eigenvalue weighted by molar-refractivity contribution is 5.86. The van der Waals surface area contributed by atoms with E-state index in [4.69, 9.17) is 15.0 Å². The molecule has 2 aromatic heterocycles. The standard InChI is InChI=1S/C13H14N4O2.C2HF3O2/c18-13(19)11-7-15-17(9-11)8-10-2-3-12(14-6-10)16-4-1-5-16;3-2(4,5)1(6)7/h2-3,6-7,9H,1,4-5,8H2,(H,18,19);(H,6,7). The van der Waals surface area contributed by atoms with Crippen molar-refractivity contribution in [3.8, 4) is 0 Å². The Hall–Kier alpha value is -3.11. The van der Waals surface area contributed by atoms with Gasteiger partial charge in [-0.3, -0.25) is 4.68 Å². The molecule has 0 radical (unpaired) electrons. The second kappa shape index (κ2) is 7.85. The predicted molar refractivity (Wildman–Crippen MR) is 83.0 cm³/mol. The minimum atomic E-state index is -5.08. The van der Waals surface area contributed by atoms with Crippen LogP contribution in [0.3, 0.4) is 0 Å². The van der Waals surface area contributed by atoms with Gasteiger partial charge in [0.2, 0.25) is 0 Å². The van der Waals surface area contributed by atoms with Crippen LogP contribution in [0.2, 0.25) is 0 Å². The van der Waals surface area contributed by atoms with Crippen LogP contribution in [-0.2, 0) is 11.3 Å². The molecule has 1 aliphatic rings. The van der Waals surface area contributed by atoms with Crippen LogP contribution >= 0.6 is 0 Å². The van der Waals surface area contributed by atoms with Crippen LogP contribution in [0.25, 0.3) is 0 Å². The topological polar surface area (TPSA) is 109 Å². The Bertz CT molecular complexity index is 770. The van der Waals surface area contributed by atoms with Crippen molar-refractivity contribution >= 4 is 17.8 Å². The third-order valence-electron chi connectivity index (χ3n) is 3.46. The number of carbonyl (C=O) groups is 2. The summed E-state index contributed by atoms with van der Waals surface area (Å²) in [7, 11) is 0. The van der Waals surface area contributed by atoms with E-state index in [1.807, 2.05) is 18.3 Å². The van der Waals surface area contributed by atoms with Crippen molar-refractivity contribution in [1.82, 2.24) is 14.8 Å². The maximum absolute atomic E-state index is 10.8. The quantitative estimate of drug-likeness (QED) is 0.843. The van der Waals surface area contributed by atoms with Gasteiger partial charge in [-0.15, -0.1) is 0 Å². The van der Waals surface area contributed by atoms with Crippen molar-refractivity contribution in [3.63, 3.8) is 0 Å². The summed E-state index contributed by atoms with van der Waals surface area (Å²) in [6, 6.07) is 4.00. The number of aromatic nitrogens is 3. The minimum Gasteiger partial charge on any atom is -0.478 e. The van der Waals surface area contributed by atoms with E-state index in [0.29, 0.717) is 6.54 Å². The Labute approximate surface area is 145 Å². The molecular weight excluding hydrogens is 357 g/mol. The van der Waals surface area contributed by atoms with E-state index in [1.165, 1.54) is 18.8 Å². The number of aliphatic carboxylic acids is 1. The molecule has 1 fully saturated rings. The van der Waals surface area contributed by atoms with Crippen molar-refractivity contribution in [2.24, 2.45) is 0 Å². The Kier molecular flexibility index (Phi) is 5.80. The number of halogens is 3. The summed E-state index contributed by atoms with van der Waals surface area (Å²) < 4.78 is 33.3. The Morgan fingerprint density at radius 1 is 1.15 bits per heavy atom. The molecule has 0 atom stereocenters. The molecule has 26 heavy (non-hydrogen) atoms. The van der Waals surface area contributed by atoms with E-state index in [-0.39, 0.29) is 5.56 Å². The van der Waals surface area contributed by atoms with Crippen molar-refractivity contribution in [1.29, 1.82) is 0 Å². The second-order valence-corrected chi connectivity index (χ2v) is 5.40. The fourth-order valence-corrected chi connectivity index (χ4v) is 1.99. The Morgan fingerprint density at radius 2 is 1.81 bits per heavy atom. The van der Waals surface area contributed by atoms with Crippen molar-refractivity contribution < 1.29 is 33.0 Å². The van der Waals surface area contributed by atoms with Gasteiger partial charge in [0.05, 0.1) is 18.3 Å². The van der Waals surface area contributed by atoms with Gasteiger partial charge in [0, 0.05) is 25.5 Å². The van der Waals surface area contributed by atoms with E-state index in [9.17, 15) is 18.0 Å². The summed E-state index contributed by atoms with van der Waals surface area (Å²) in [5.74, 6) is -2.72. The Morgan fingerprint density at radius 3 is 2.19 bits per heavy atom. The molecule has 1 saturated heterocycles. The van der Waals surface area contributed by atoms with Gasteiger partial charge in [0.15, 0.2) is 0 Å². The molecule has 0 saturated carbocycles. The first kappa shape index (κ1) is 19.2. The van der Waals surface area contributed by atoms with Gasteiger partial charge >= 0.3 is 18.1 Å². The number of rotatable bonds is 4. The fraction of sp³-hybridized carbons (Fsp3) is 0.333. The van der Waals surface area contributed by atoms with Gasteiger partial charge in [-0.25, -0.2) is 14.6 Å². The number of alkyl halides is 3. The highest BCUT2D eigenvalue weighted by Crippen LogP contribution is 2.18. The number of aromatic carboxylic acids is 1. The number of pyridine rings is 1. The summed E-state index contributed by atoms with van der Waals surface area (Å²) in [6.45, 7) is 2.68. The maximum Gasteiger partial charge on any atom is 0.490 e. The monoisotopic (exact) mass is 372 g/mol. The van der Waals surface area contributed by atoms with Crippen LogP contribution in [-0.4, -0.2) is 56.2 Å². The molecule has 3 heterocycles. The lowest BCUT2D eigenvalue weighted by molar-refractivity contribution is -0.192. The van der Waals surface area contributed by atoms with Crippen LogP contribution in [0, 0.1) is 0 Å². The summed E-state index contributed by atoms with van der Waals surface area (Å²) in [4.78, 5) is 26.3. The first-order chi connectivity index (χ1) is 12.2. The average Bonchev–Trinajstić information content (AvgIpc) is 2.96. The molecule has 140 valence electrons. The van der Waals surface area contributed by atoms with Gasteiger partial charge in [-0.2, -0.15) is 18.3 Å². The normalized spacial score (nSPS) is 13.4. The zero-order valence-electron chi connectivity index (χ0n) is 13.3. The first-order valence-corrected chi connectivity index (χ1v) is 7.42. The van der Waals surface area contributed by atoms with Gasteiger partial charge in [-0.05, 0) is 18.1 Å². The van der Waals surface area contributed by atoms with Crippen LogP contribution < -0.4 is 4.90 Å². The van der Waals surface area contributed by atoms with Crippen molar-refractivity contribution in [2.75, 3.05) is 18.0 Å². The van der Waals surface area contributed by atoms with E-state index < -0.39 is 18.1 Å². The van der Waals surface area contributed by atoms with E-state index in [0.717, 1.165) is 24.5 Å². The maximum atomic E-state index is 10.8. The molecule has 3 rings (SSSR count). The summed E-state index contributed by atoms with van der Waals surface area (Å²) in [5, 5.41) is 20.0. The van der Waals surface area contributed by atoms with Crippen molar-refractivity contribution in [2.45, 2.75) is 19.1 Å². The lowest BCUT2D eigenvalue weighted by atomic mass is 10.2. The average molecular weight is 372 g/mol. The largest absolute Gasteiger partial charge is 0.490 e. The van der Waals surface area contributed by atoms with Gasteiger partial charge in [0.25, 0.3) is 0 Å². The first-order valence-electron chi connectivity index (χ1n) is 7.42. The number of nitrogens with zero attached hydrogens (tertiary/aromatic N) is 4. The molecule has 2 N–H and O–H groups in total. The molecule has 0 bridgehead atoms. The third kappa shape index (κ3) is 5.19.